The molecule has 4 heteroatoms. The molecule has 0 bridgehead atoms. The van der Waals surface area contributed by atoms with Crippen LogP contribution in [-0.4, -0.2) is 16.5 Å². The van der Waals surface area contributed by atoms with Crippen LogP contribution in [0.2, 0.25) is 5.02 Å². The van der Waals surface area contributed by atoms with E-state index in [0.717, 1.165) is 0 Å². The Bertz CT molecular complexity index is 362. The molecule has 1 N–H and O–H groups in total. The Morgan fingerprint density at radius 3 is 2.60 bits per heavy atom. The zero-order valence-electron chi connectivity index (χ0n) is 8.55. The van der Waals surface area contributed by atoms with Gasteiger partial charge in [0.05, 0.1) is 0 Å². The first-order valence-electron chi connectivity index (χ1n) is 4.51. The quantitative estimate of drug-likeness (QED) is 0.866. The van der Waals surface area contributed by atoms with Crippen molar-refractivity contribution >= 4 is 17.4 Å². The lowest BCUT2D eigenvalue weighted by Gasteiger charge is -2.16. The normalized spacial score (nSPS) is 11.5. The van der Waals surface area contributed by atoms with E-state index in [2.05, 4.69) is 0 Å². The van der Waals surface area contributed by atoms with Gasteiger partial charge in [0.25, 0.3) is 0 Å². The fourth-order valence-electron chi connectivity index (χ4n) is 1.08. The number of carbonyl (C=O) groups excluding carboxylic acids is 1. The van der Waals surface area contributed by atoms with E-state index >= 15 is 0 Å². The maximum atomic E-state index is 13.3. The molecule has 0 aliphatic carbocycles. The molecule has 82 valence electrons. The predicted molar refractivity (Wildman–Crippen MR) is 56.4 cm³/mol. The van der Waals surface area contributed by atoms with Crippen molar-refractivity contribution in [3.63, 3.8) is 0 Å². The first-order chi connectivity index (χ1) is 6.82. The summed E-state index contributed by atoms with van der Waals surface area (Å²) in [6, 6.07) is 4.21. The Morgan fingerprint density at radius 2 is 2.13 bits per heavy atom. The van der Waals surface area contributed by atoms with E-state index < -0.39 is 17.2 Å². The summed E-state index contributed by atoms with van der Waals surface area (Å²) in [7, 11) is 0. The fourth-order valence-corrected chi connectivity index (χ4v) is 1.31. The number of carbonyl (C=O) groups is 1. The number of ketones is 1. The van der Waals surface area contributed by atoms with E-state index in [1.165, 1.54) is 32.0 Å². The zero-order valence-corrected chi connectivity index (χ0v) is 9.31. The van der Waals surface area contributed by atoms with E-state index in [-0.39, 0.29) is 17.0 Å². The fraction of sp³-hybridized carbons (Fsp3) is 0.364. The van der Waals surface area contributed by atoms with Crippen LogP contribution in [0.1, 0.15) is 19.4 Å². The number of benzene rings is 1. The van der Waals surface area contributed by atoms with Gasteiger partial charge in [0.1, 0.15) is 11.4 Å². The highest BCUT2D eigenvalue weighted by Gasteiger charge is 2.25. The third-order valence-corrected chi connectivity index (χ3v) is 2.44. The topological polar surface area (TPSA) is 37.3 Å². The summed E-state index contributed by atoms with van der Waals surface area (Å²) in [5.41, 5.74) is -1.34. The van der Waals surface area contributed by atoms with Crippen molar-refractivity contribution in [1.29, 1.82) is 0 Å². The summed E-state index contributed by atoms with van der Waals surface area (Å²) in [6.45, 7) is 2.73. The molecular weight excluding hydrogens is 219 g/mol. The Balaban J connectivity index is 2.95. The van der Waals surface area contributed by atoms with Gasteiger partial charge in [-0.15, -0.1) is 0 Å². The molecule has 1 rings (SSSR count). The monoisotopic (exact) mass is 230 g/mol. The standard InChI is InChI=1S/C11H12ClFO2/c1-11(2,15)10(14)6-7-8(12)4-3-5-9(7)13/h3-5,15H,6H2,1-2H3. The van der Waals surface area contributed by atoms with E-state index in [1.54, 1.807) is 0 Å². The molecule has 0 saturated heterocycles. The molecule has 1 aromatic rings. The van der Waals surface area contributed by atoms with Crippen molar-refractivity contribution in [3.05, 3.63) is 34.6 Å². The molecule has 2 nitrogen and oxygen atoms in total. The van der Waals surface area contributed by atoms with Gasteiger partial charge < -0.3 is 5.11 Å². The van der Waals surface area contributed by atoms with Crippen molar-refractivity contribution in [2.75, 3.05) is 0 Å². The van der Waals surface area contributed by atoms with Crippen molar-refractivity contribution in [1.82, 2.24) is 0 Å². The van der Waals surface area contributed by atoms with Crippen LogP contribution in [0.25, 0.3) is 0 Å². The van der Waals surface area contributed by atoms with Gasteiger partial charge in [-0.3, -0.25) is 4.79 Å². The van der Waals surface area contributed by atoms with Crippen LogP contribution in [-0.2, 0) is 11.2 Å². The van der Waals surface area contributed by atoms with E-state index in [0.29, 0.717) is 0 Å². The van der Waals surface area contributed by atoms with Gasteiger partial charge in [-0.2, -0.15) is 0 Å². The molecule has 0 amide bonds. The summed E-state index contributed by atoms with van der Waals surface area (Å²) in [5, 5.41) is 9.62. The van der Waals surface area contributed by atoms with Gasteiger partial charge in [-0.1, -0.05) is 17.7 Å². The summed E-state index contributed by atoms with van der Waals surface area (Å²) in [5.74, 6) is -0.991. The molecule has 0 saturated carbocycles. The smallest absolute Gasteiger partial charge is 0.168 e. The highest BCUT2D eigenvalue weighted by Crippen LogP contribution is 2.21. The van der Waals surface area contributed by atoms with Crippen LogP contribution in [0, 0.1) is 5.82 Å². The molecule has 0 spiro atoms. The molecule has 0 aliphatic rings. The molecule has 0 unspecified atom stereocenters. The second-order valence-corrected chi connectivity index (χ2v) is 4.27. The predicted octanol–water partition coefficient (Wildman–Crippen LogP) is 2.36. The Morgan fingerprint density at radius 1 is 1.53 bits per heavy atom. The number of halogens is 2. The van der Waals surface area contributed by atoms with Crippen LogP contribution in [0.3, 0.4) is 0 Å². The Kier molecular flexibility index (Phi) is 3.47. The van der Waals surface area contributed by atoms with Gasteiger partial charge in [0, 0.05) is 17.0 Å². The van der Waals surface area contributed by atoms with Gasteiger partial charge >= 0.3 is 0 Å². The van der Waals surface area contributed by atoms with Crippen molar-refractivity contribution < 1.29 is 14.3 Å². The van der Waals surface area contributed by atoms with Crippen LogP contribution in [0.5, 0.6) is 0 Å². The van der Waals surface area contributed by atoms with Gasteiger partial charge in [-0.25, -0.2) is 4.39 Å². The van der Waals surface area contributed by atoms with Crippen LogP contribution >= 0.6 is 11.6 Å². The van der Waals surface area contributed by atoms with Gasteiger partial charge in [0.2, 0.25) is 0 Å². The second-order valence-electron chi connectivity index (χ2n) is 3.86. The number of hydrogen-bond donors (Lipinski definition) is 1. The summed E-state index contributed by atoms with van der Waals surface area (Å²) in [6.07, 6.45) is -0.199. The van der Waals surface area contributed by atoms with Crippen LogP contribution < -0.4 is 0 Å². The molecule has 0 aromatic heterocycles. The third kappa shape index (κ3) is 3.01. The molecule has 0 fully saturated rings. The average Bonchev–Trinajstić information content (AvgIpc) is 2.09. The molecule has 0 radical (unpaired) electrons. The van der Waals surface area contributed by atoms with Gasteiger partial charge in [0.15, 0.2) is 5.78 Å². The SMILES string of the molecule is CC(C)(O)C(=O)Cc1c(F)cccc1Cl. The van der Waals surface area contributed by atoms with Crippen LogP contribution in [0.15, 0.2) is 18.2 Å². The molecule has 0 atom stereocenters. The highest BCUT2D eigenvalue weighted by molar-refractivity contribution is 6.31. The first kappa shape index (κ1) is 12.1. The minimum absolute atomic E-state index is 0.131. The highest BCUT2D eigenvalue weighted by atomic mass is 35.5. The van der Waals surface area contributed by atoms with Crippen LogP contribution in [0.4, 0.5) is 4.39 Å². The maximum absolute atomic E-state index is 13.3. The number of rotatable bonds is 3. The maximum Gasteiger partial charge on any atom is 0.168 e. The lowest BCUT2D eigenvalue weighted by molar-refractivity contribution is -0.133. The van der Waals surface area contributed by atoms with Gasteiger partial charge in [-0.05, 0) is 26.0 Å². The van der Waals surface area contributed by atoms with E-state index in [4.69, 9.17) is 11.6 Å². The molecule has 1 aromatic carbocycles. The lowest BCUT2D eigenvalue weighted by Crippen LogP contribution is -2.32. The minimum atomic E-state index is -1.47. The molecular formula is C11H12ClFO2. The first-order valence-corrected chi connectivity index (χ1v) is 4.88. The summed E-state index contributed by atoms with van der Waals surface area (Å²) < 4.78 is 13.3. The number of aliphatic hydroxyl groups is 1. The number of hydrogen-bond acceptors (Lipinski definition) is 2. The Labute approximate surface area is 92.7 Å². The second kappa shape index (κ2) is 4.29. The summed E-state index contributed by atoms with van der Waals surface area (Å²) >= 11 is 5.75. The van der Waals surface area contributed by atoms with E-state index in [1.807, 2.05) is 0 Å². The molecule has 0 heterocycles. The lowest BCUT2D eigenvalue weighted by atomic mass is 9.97. The van der Waals surface area contributed by atoms with Crippen molar-refractivity contribution in [2.24, 2.45) is 0 Å². The van der Waals surface area contributed by atoms with E-state index in [9.17, 15) is 14.3 Å². The molecule has 0 aliphatic heterocycles. The van der Waals surface area contributed by atoms with Crippen molar-refractivity contribution in [3.8, 4) is 0 Å². The average molecular weight is 231 g/mol. The molecule has 15 heavy (non-hydrogen) atoms. The minimum Gasteiger partial charge on any atom is -0.383 e. The Hall–Kier alpha value is -0.930. The third-order valence-electron chi connectivity index (χ3n) is 2.08. The zero-order chi connectivity index (χ0) is 11.6. The van der Waals surface area contributed by atoms with Crippen molar-refractivity contribution in [2.45, 2.75) is 25.9 Å². The summed E-state index contributed by atoms with van der Waals surface area (Å²) in [4.78, 5) is 11.5. The number of Topliss-reactive ketones (excluding diaryl/α,β-unsaturated/α-hetero) is 1. The largest absolute Gasteiger partial charge is 0.383 e.